The van der Waals surface area contributed by atoms with Gasteiger partial charge in [-0.3, -0.25) is 0 Å². The van der Waals surface area contributed by atoms with E-state index in [4.69, 9.17) is 0 Å². The molecule has 1 aromatic carbocycles. The second-order valence-corrected chi connectivity index (χ2v) is 6.39. The van der Waals surface area contributed by atoms with E-state index < -0.39 is 8.87 Å². The highest BCUT2D eigenvalue weighted by Crippen LogP contribution is 2.21. The summed E-state index contributed by atoms with van der Waals surface area (Å²) in [6.45, 7) is 1.82. The Morgan fingerprint density at radius 2 is 1.83 bits per heavy atom. The van der Waals surface area contributed by atoms with E-state index >= 15 is 0 Å². The molecule has 0 bridgehead atoms. The summed E-state index contributed by atoms with van der Waals surface area (Å²) in [5.41, 5.74) is 0. The SMILES string of the molecule is CCSS(=O)(=O)c1ccccc1. The van der Waals surface area contributed by atoms with Crippen LogP contribution in [0, 0.1) is 0 Å². The molecular weight excluding hydrogens is 192 g/mol. The van der Waals surface area contributed by atoms with Crippen LogP contribution >= 0.6 is 10.8 Å². The molecule has 0 aliphatic carbocycles. The minimum absolute atomic E-state index is 0.386. The van der Waals surface area contributed by atoms with Crippen molar-refractivity contribution in [2.45, 2.75) is 11.8 Å². The average molecular weight is 202 g/mol. The van der Waals surface area contributed by atoms with Gasteiger partial charge in [0.05, 0.1) is 4.90 Å². The van der Waals surface area contributed by atoms with Gasteiger partial charge in [0.25, 0.3) is 0 Å². The highest BCUT2D eigenvalue weighted by Gasteiger charge is 2.11. The largest absolute Gasteiger partial charge is 0.229 e. The Morgan fingerprint density at radius 3 is 2.33 bits per heavy atom. The van der Waals surface area contributed by atoms with E-state index in [9.17, 15) is 8.42 Å². The van der Waals surface area contributed by atoms with Crippen LogP contribution in [0.3, 0.4) is 0 Å². The van der Waals surface area contributed by atoms with Crippen LogP contribution in [0.25, 0.3) is 0 Å². The first-order chi connectivity index (χ1) is 5.67. The molecule has 0 aliphatic rings. The van der Waals surface area contributed by atoms with Crippen molar-refractivity contribution in [3.63, 3.8) is 0 Å². The lowest BCUT2D eigenvalue weighted by molar-refractivity contribution is 0.610. The van der Waals surface area contributed by atoms with E-state index in [1.165, 1.54) is 0 Å². The Bertz CT molecular complexity index is 329. The zero-order chi connectivity index (χ0) is 9.03. The summed E-state index contributed by atoms with van der Waals surface area (Å²) in [5.74, 6) is 0.581. The van der Waals surface area contributed by atoms with Gasteiger partial charge in [0.1, 0.15) is 0 Å². The number of hydrogen-bond acceptors (Lipinski definition) is 3. The molecule has 0 amide bonds. The van der Waals surface area contributed by atoms with Crippen LogP contribution in [0.15, 0.2) is 35.2 Å². The maximum atomic E-state index is 11.4. The average Bonchev–Trinajstić information content (AvgIpc) is 2.06. The third-order valence-corrected chi connectivity index (χ3v) is 4.92. The van der Waals surface area contributed by atoms with Crippen molar-refractivity contribution < 1.29 is 8.42 Å². The molecule has 0 saturated heterocycles. The van der Waals surface area contributed by atoms with E-state index in [1.54, 1.807) is 30.3 Å². The minimum atomic E-state index is -3.09. The van der Waals surface area contributed by atoms with E-state index in [-0.39, 0.29) is 0 Å². The fourth-order valence-electron chi connectivity index (χ4n) is 0.810. The summed E-state index contributed by atoms with van der Waals surface area (Å²) in [5, 5.41) is 0. The van der Waals surface area contributed by atoms with Gasteiger partial charge in [-0.15, -0.1) is 0 Å². The van der Waals surface area contributed by atoms with Crippen LogP contribution in [0.4, 0.5) is 0 Å². The van der Waals surface area contributed by atoms with E-state index in [0.29, 0.717) is 10.6 Å². The van der Waals surface area contributed by atoms with Crippen molar-refractivity contribution in [1.82, 2.24) is 0 Å². The van der Waals surface area contributed by atoms with Crippen molar-refractivity contribution in [3.05, 3.63) is 30.3 Å². The van der Waals surface area contributed by atoms with Crippen molar-refractivity contribution >= 4 is 19.7 Å². The highest BCUT2D eigenvalue weighted by atomic mass is 33.1. The molecule has 2 nitrogen and oxygen atoms in total. The minimum Gasteiger partial charge on any atom is -0.212 e. The first-order valence-corrected chi connectivity index (χ1v) is 6.60. The second kappa shape index (κ2) is 3.96. The zero-order valence-electron chi connectivity index (χ0n) is 6.73. The lowest BCUT2D eigenvalue weighted by Gasteiger charge is -1.99. The highest BCUT2D eigenvalue weighted by molar-refractivity contribution is 8.72. The van der Waals surface area contributed by atoms with Crippen LogP contribution in [-0.2, 0) is 8.87 Å². The van der Waals surface area contributed by atoms with Gasteiger partial charge in [0.15, 0.2) is 0 Å². The molecule has 0 aliphatic heterocycles. The first-order valence-electron chi connectivity index (χ1n) is 3.61. The van der Waals surface area contributed by atoms with Crippen LogP contribution < -0.4 is 0 Å². The molecular formula is C8H10O2S2. The summed E-state index contributed by atoms with van der Waals surface area (Å²) in [7, 11) is -2.13. The number of benzene rings is 1. The Balaban J connectivity index is 2.99. The molecule has 0 atom stereocenters. The molecule has 0 heterocycles. The number of hydrogen-bond donors (Lipinski definition) is 0. The van der Waals surface area contributed by atoms with Crippen molar-refractivity contribution in [2.24, 2.45) is 0 Å². The molecule has 0 fully saturated rings. The van der Waals surface area contributed by atoms with Crippen LogP contribution in [0.5, 0.6) is 0 Å². The molecule has 0 N–H and O–H groups in total. The van der Waals surface area contributed by atoms with Gasteiger partial charge in [-0.25, -0.2) is 8.42 Å². The topological polar surface area (TPSA) is 34.1 Å². The summed E-state index contributed by atoms with van der Waals surface area (Å²) in [6, 6.07) is 8.47. The van der Waals surface area contributed by atoms with Crippen molar-refractivity contribution in [1.29, 1.82) is 0 Å². The lowest BCUT2D eigenvalue weighted by atomic mass is 10.4. The van der Waals surface area contributed by atoms with Crippen LogP contribution in [0.1, 0.15) is 6.92 Å². The van der Waals surface area contributed by atoms with Crippen LogP contribution in [-0.4, -0.2) is 14.2 Å². The van der Waals surface area contributed by atoms with Gasteiger partial charge in [-0.2, -0.15) is 0 Å². The predicted octanol–water partition coefficient (Wildman–Crippen LogP) is 2.13. The molecule has 4 heteroatoms. The molecule has 12 heavy (non-hydrogen) atoms. The third kappa shape index (κ3) is 2.25. The summed E-state index contributed by atoms with van der Waals surface area (Å²) >= 11 is 0. The summed E-state index contributed by atoms with van der Waals surface area (Å²) in [4.78, 5) is 0.386. The van der Waals surface area contributed by atoms with E-state index in [0.717, 1.165) is 10.8 Å². The second-order valence-electron chi connectivity index (χ2n) is 2.17. The smallest absolute Gasteiger partial charge is 0.212 e. The maximum absolute atomic E-state index is 11.4. The molecule has 0 spiro atoms. The molecule has 0 unspecified atom stereocenters. The quantitative estimate of drug-likeness (QED) is 0.704. The maximum Gasteiger partial charge on any atom is 0.229 e. The fraction of sp³-hybridized carbons (Fsp3) is 0.250. The van der Waals surface area contributed by atoms with Crippen molar-refractivity contribution in [2.75, 3.05) is 5.75 Å². The molecule has 66 valence electrons. The number of rotatable bonds is 3. The Labute approximate surface area is 76.3 Å². The van der Waals surface area contributed by atoms with E-state index in [1.807, 2.05) is 6.92 Å². The Hall–Kier alpha value is -0.480. The van der Waals surface area contributed by atoms with Gasteiger partial charge in [0.2, 0.25) is 8.87 Å². The molecule has 1 rings (SSSR count). The van der Waals surface area contributed by atoms with Crippen molar-refractivity contribution in [3.8, 4) is 0 Å². The van der Waals surface area contributed by atoms with Gasteiger partial charge < -0.3 is 0 Å². The molecule has 0 radical (unpaired) electrons. The third-order valence-electron chi connectivity index (χ3n) is 1.30. The predicted molar refractivity (Wildman–Crippen MR) is 51.8 cm³/mol. The summed E-state index contributed by atoms with van der Waals surface area (Å²) < 4.78 is 22.8. The summed E-state index contributed by atoms with van der Waals surface area (Å²) in [6.07, 6.45) is 0. The fourth-order valence-corrected chi connectivity index (χ4v) is 3.42. The monoisotopic (exact) mass is 202 g/mol. The van der Waals surface area contributed by atoms with Gasteiger partial charge in [-0.1, -0.05) is 25.1 Å². The first kappa shape index (κ1) is 9.61. The Morgan fingerprint density at radius 1 is 1.25 bits per heavy atom. The van der Waals surface area contributed by atoms with Gasteiger partial charge in [0, 0.05) is 5.75 Å². The lowest BCUT2D eigenvalue weighted by Crippen LogP contribution is -1.94. The molecule has 0 saturated carbocycles. The molecule has 1 aromatic rings. The molecule has 0 aromatic heterocycles. The Kier molecular flexibility index (Phi) is 3.17. The van der Waals surface area contributed by atoms with Gasteiger partial charge >= 0.3 is 0 Å². The van der Waals surface area contributed by atoms with Gasteiger partial charge in [-0.05, 0) is 22.9 Å². The van der Waals surface area contributed by atoms with E-state index in [2.05, 4.69) is 0 Å². The normalized spacial score (nSPS) is 11.4. The zero-order valence-corrected chi connectivity index (χ0v) is 8.36. The standard InChI is InChI=1S/C8H10O2S2/c1-2-11-12(9,10)8-6-4-3-5-7-8/h3-7H,2H2,1H3. The van der Waals surface area contributed by atoms with Crippen LogP contribution in [0.2, 0.25) is 0 Å².